The SMILES string of the molecule is COc1ccc(CNC(=O)C2CCN(S(=O)(=O)Cc3cccc(Cl)c3)CC2)c(OC)c1OC. The maximum absolute atomic E-state index is 12.8. The summed E-state index contributed by atoms with van der Waals surface area (Å²) >= 11 is 5.96. The molecule has 0 atom stereocenters. The number of methoxy groups -OCH3 is 3. The lowest BCUT2D eigenvalue weighted by atomic mass is 9.97. The van der Waals surface area contributed by atoms with E-state index in [1.165, 1.54) is 18.5 Å². The fraction of sp³-hybridized carbons (Fsp3) is 0.435. The average Bonchev–Trinajstić information content (AvgIpc) is 2.81. The molecule has 180 valence electrons. The van der Waals surface area contributed by atoms with Crippen LogP contribution in [0.25, 0.3) is 0 Å². The maximum Gasteiger partial charge on any atom is 0.223 e. The van der Waals surface area contributed by atoms with Crippen LogP contribution in [0.2, 0.25) is 5.02 Å². The summed E-state index contributed by atoms with van der Waals surface area (Å²) in [5.41, 5.74) is 1.40. The lowest BCUT2D eigenvalue weighted by Crippen LogP contribution is -2.43. The van der Waals surface area contributed by atoms with Gasteiger partial charge in [0.2, 0.25) is 21.7 Å². The van der Waals surface area contributed by atoms with Crippen LogP contribution in [0.15, 0.2) is 36.4 Å². The molecule has 1 heterocycles. The normalized spacial score (nSPS) is 15.2. The molecule has 0 spiro atoms. The van der Waals surface area contributed by atoms with Crippen LogP contribution in [0.1, 0.15) is 24.0 Å². The number of nitrogens with one attached hydrogen (secondary N) is 1. The van der Waals surface area contributed by atoms with E-state index in [9.17, 15) is 13.2 Å². The van der Waals surface area contributed by atoms with Gasteiger partial charge in [0.1, 0.15) is 0 Å². The summed E-state index contributed by atoms with van der Waals surface area (Å²) < 4.78 is 43.1. The van der Waals surface area contributed by atoms with Gasteiger partial charge in [0.25, 0.3) is 0 Å². The molecule has 0 aromatic heterocycles. The summed E-state index contributed by atoms with van der Waals surface area (Å²) in [6.45, 7) is 0.872. The van der Waals surface area contributed by atoms with E-state index in [1.54, 1.807) is 37.4 Å². The number of benzene rings is 2. The lowest BCUT2D eigenvalue weighted by molar-refractivity contribution is -0.126. The van der Waals surface area contributed by atoms with E-state index in [1.807, 2.05) is 6.07 Å². The number of piperidine rings is 1. The monoisotopic (exact) mass is 496 g/mol. The Morgan fingerprint density at radius 1 is 1.06 bits per heavy atom. The number of carbonyl (C=O) groups excluding carboxylic acids is 1. The minimum absolute atomic E-state index is 0.108. The fourth-order valence-electron chi connectivity index (χ4n) is 3.95. The van der Waals surface area contributed by atoms with Gasteiger partial charge < -0.3 is 19.5 Å². The highest BCUT2D eigenvalue weighted by molar-refractivity contribution is 7.88. The number of amides is 1. The van der Waals surface area contributed by atoms with Crippen LogP contribution in [0.5, 0.6) is 17.2 Å². The standard InChI is InChI=1S/C23H29ClN2O6S/c1-30-20-8-7-18(21(31-2)22(20)32-3)14-25-23(27)17-9-11-26(12-10-17)33(28,29)15-16-5-4-6-19(24)13-16/h4-8,13,17H,9-12,14-15H2,1-3H3,(H,25,27). The molecule has 0 bridgehead atoms. The zero-order chi connectivity index (χ0) is 24.0. The Labute approximate surface area is 199 Å². The Balaban J connectivity index is 1.57. The highest BCUT2D eigenvalue weighted by Gasteiger charge is 2.31. The summed E-state index contributed by atoms with van der Waals surface area (Å²) in [4.78, 5) is 12.7. The molecule has 2 aromatic carbocycles. The molecule has 3 rings (SSSR count). The molecule has 1 aliphatic heterocycles. The Bertz CT molecular complexity index is 1080. The van der Waals surface area contributed by atoms with Crippen LogP contribution in [0.4, 0.5) is 0 Å². The lowest BCUT2D eigenvalue weighted by Gasteiger charge is -2.30. The van der Waals surface area contributed by atoms with Gasteiger partial charge in [0, 0.05) is 36.1 Å². The number of halogens is 1. The number of nitrogens with zero attached hydrogens (tertiary/aromatic N) is 1. The number of rotatable bonds is 9. The first-order valence-corrected chi connectivity index (χ1v) is 12.6. The van der Waals surface area contributed by atoms with Gasteiger partial charge in [-0.3, -0.25) is 4.79 Å². The number of hydrogen-bond donors (Lipinski definition) is 1. The summed E-state index contributed by atoms with van der Waals surface area (Å²) in [7, 11) is 1.12. The zero-order valence-corrected chi connectivity index (χ0v) is 20.5. The smallest absolute Gasteiger partial charge is 0.223 e. The molecule has 1 fully saturated rings. The molecule has 1 saturated heterocycles. The maximum atomic E-state index is 12.8. The second-order valence-electron chi connectivity index (χ2n) is 7.77. The van der Waals surface area contributed by atoms with Gasteiger partial charge in [-0.05, 0) is 42.7 Å². The van der Waals surface area contributed by atoms with Crippen molar-refractivity contribution in [2.45, 2.75) is 25.1 Å². The summed E-state index contributed by atoms with van der Waals surface area (Å²) in [5, 5.41) is 3.44. The van der Waals surface area contributed by atoms with Crippen molar-refractivity contribution in [2.24, 2.45) is 5.92 Å². The largest absolute Gasteiger partial charge is 0.493 e. The van der Waals surface area contributed by atoms with Gasteiger partial charge in [-0.1, -0.05) is 23.7 Å². The van der Waals surface area contributed by atoms with E-state index in [2.05, 4.69) is 5.32 Å². The average molecular weight is 497 g/mol. The van der Waals surface area contributed by atoms with Gasteiger partial charge >= 0.3 is 0 Å². The van der Waals surface area contributed by atoms with E-state index >= 15 is 0 Å². The first-order chi connectivity index (χ1) is 15.8. The molecule has 2 aromatic rings. The van der Waals surface area contributed by atoms with Crippen LogP contribution in [-0.2, 0) is 27.1 Å². The molecule has 8 nitrogen and oxygen atoms in total. The third kappa shape index (κ3) is 6.10. The molecule has 10 heteroatoms. The van der Waals surface area contributed by atoms with E-state index in [4.69, 9.17) is 25.8 Å². The fourth-order valence-corrected chi connectivity index (χ4v) is 5.72. The van der Waals surface area contributed by atoms with Crippen molar-refractivity contribution in [1.29, 1.82) is 0 Å². The van der Waals surface area contributed by atoms with Gasteiger partial charge in [-0.15, -0.1) is 0 Å². The number of carbonyl (C=O) groups is 1. The third-order valence-corrected chi connectivity index (χ3v) is 7.78. The van der Waals surface area contributed by atoms with Crippen molar-refractivity contribution in [3.8, 4) is 17.2 Å². The molecular weight excluding hydrogens is 468 g/mol. The van der Waals surface area contributed by atoms with Crippen LogP contribution in [-0.4, -0.2) is 53.0 Å². The molecule has 1 aliphatic rings. The van der Waals surface area contributed by atoms with E-state index in [0.717, 1.165) is 5.56 Å². The molecular formula is C23H29ClN2O6S. The van der Waals surface area contributed by atoms with Gasteiger partial charge in [-0.2, -0.15) is 0 Å². The number of ether oxygens (including phenoxy) is 3. The Hall–Kier alpha value is -2.49. The molecule has 1 amide bonds. The van der Waals surface area contributed by atoms with E-state index in [0.29, 0.717) is 53.8 Å². The summed E-state index contributed by atoms with van der Waals surface area (Å²) in [5.74, 6) is 1.02. The predicted octanol–water partition coefficient (Wildman–Crippen LogP) is 3.22. The molecule has 0 radical (unpaired) electrons. The van der Waals surface area contributed by atoms with E-state index < -0.39 is 10.0 Å². The predicted molar refractivity (Wildman–Crippen MR) is 126 cm³/mol. The minimum atomic E-state index is -3.48. The Morgan fingerprint density at radius 3 is 2.36 bits per heavy atom. The van der Waals surface area contributed by atoms with Crippen molar-refractivity contribution in [2.75, 3.05) is 34.4 Å². The van der Waals surface area contributed by atoms with Crippen molar-refractivity contribution in [3.05, 3.63) is 52.5 Å². The zero-order valence-electron chi connectivity index (χ0n) is 19.0. The van der Waals surface area contributed by atoms with Gasteiger partial charge in [0.15, 0.2) is 11.5 Å². The summed E-state index contributed by atoms with van der Waals surface area (Å²) in [6, 6.07) is 10.4. The van der Waals surface area contributed by atoms with Gasteiger partial charge in [0.05, 0.1) is 27.1 Å². The molecule has 1 N–H and O–H groups in total. The minimum Gasteiger partial charge on any atom is -0.493 e. The quantitative estimate of drug-likeness (QED) is 0.573. The molecule has 33 heavy (non-hydrogen) atoms. The first-order valence-electron chi connectivity index (χ1n) is 10.6. The van der Waals surface area contributed by atoms with Crippen molar-refractivity contribution in [1.82, 2.24) is 9.62 Å². The van der Waals surface area contributed by atoms with Crippen LogP contribution < -0.4 is 19.5 Å². The molecule has 0 unspecified atom stereocenters. The highest BCUT2D eigenvalue weighted by Crippen LogP contribution is 2.39. The number of hydrogen-bond acceptors (Lipinski definition) is 6. The highest BCUT2D eigenvalue weighted by atomic mass is 35.5. The van der Waals surface area contributed by atoms with Gasteiger partial charge in [-0.25, -0.2) is 12.7 Å². The Morgan fingerprint density at radius 2 is 1.76 bits per heavy atom. The topological polar surface area (TPSA) is 94.2 Å². The second kappa shape index (κ2) is 11.1. The van der Waals surface area contributed by atoms with Crippen LogP contribution in [0.3, 0.4) is 0 Å². The number of sulfonamides is 1. The summed E-state index contributed by atoms with van der Waals surface area (Å²) in [6.07, 6.45) is 0.924. The first kappa shape index (κ1) is 25.1. The molecule has 0 aliphatic carbocycles. The van der Waals surface area contributed by atoms with Crippen molar-refractivity contribution in [3.63, 3.8) is 0 Å². The third-order valence-electron chi connectivity index (χ3n) is 5.69. The van der Waals surface area contributed by atoms with Crippen molar-refractivity contribution < 1.29 is 27.4 Å². The van der Waals surface area contributed by atoms with Crippen LogP contribution in [0, 0.1) is 5.92 Å². The van der Waals surface area contributed by atoms with E-state index in [-0.39, 0.29) is 24.1 Å². The van der Waals surface area contributed by atoms with Crippen molar-refractivity contribution >= 4 is 27.5 Å². The Kier molecular flexibility index (Phi) is 8.45. The van der Waals surface area contributed by atoms with Crippen LogP contribution >= 0.6 is 11.6 Å². The second-order valence-corrected chi connectivity index (χ2v) is 10.2. The molecule has 0 saturated carbocycles.